The van der Waals surface area contributed by atoms with Crippen molar-refractivity contribution in [2.45, 2.75) is 82.3 Å². The van der Waals surface area contributed by atoms with E-state index in [-0.39, 0.29) is 35.5 Å². The fraction of sp³-hybridized carbons (Fsp3) is 0.514. The monoisotopic (exact) mass is 745 g/mol. The van der Waals surface area contributed by atoms with Gasteiger partial charge < -0.3 is 30.0 Å². The summed E-state index contributed by atoms with van der Waals surface area (Å²) in [5.41, 5.74) is 2.76. The van der Waals surface area contributed by atoms with Crippen LogP contribution in [-0.2, 0) is 9.59 Å². The number of fused-ring (bicyclic) bond motifs is 2. The minimum atomic E-state index is -2.84. The van der Waals surface area contributed by atoms with Crippen molar-refractivity contribution in [1.29, 1.82) is 0 Å². The number of alkyl halides is 2. The number of anilines is 4. The van der Waals surface area contributed by atoms with E-state index in [0.29, 0.717) is 24.0 Å². The van der Waals surface area contributed by atoms with Crippen LogP contribution < -0.4 is 25.3 Å². The van der Waals surface area contributed by atoms with E-state index in [1.165, 1.54) is 23.1 Å². The van der Waals surface area contributed by atoms with Crippen molar-refractivity contribution < 1.29 is 28.3 Å². The molecule has 8 rings (SSSR count). The number of halogens is 2. The Labute approximate surface area is 310 Å². The standard InChI is InChI=1S/C37H45F2N11O4/c1-45(23-13-17-47(18-14-23)27-5-3-6-28-32(27)46(2)37(54)50(28)29-11-12-30(51)43-36(29)53)20-22-7-9-24(10-8-22)49-21-26(31(44-49)33(38)39)42-35(52)25-19-41-48-16-4-15-40-34(25)48/h3-6,15-16,19,21-24,29,33,37,54H,7-14,17-18,20H2,1-2H3,(H,42,52)(H,43,51,53). The minimum absolute atomic E-state index is 0.00611. The quantitative estimate of drug-likeness (QED) is 0.214. The maximum Gasteiger partial charge on any atom is 0.284 e. The van der Waals surface area contributed by atoms with E-state index in [1.54, 1.807) is 26.7 Å². The van der Waals surface area contributed by atoms with Crippen LogP contribution in [0.2, 0.25) is 0 Å². The smallest absolute Gasteiger partial charge is 0.284 e. The lowest BCUT2D eigenvalue weighted by Crippen LogP contribution is -2.56. The summed E-state index contributed by atoms with van der Waals surface area (Å²) < 4.78 is 31.2. The number of piperidine rings is 2. The third-order valence-electron chi connectivity index (χ3n) is 11.7. The summed E-state index contributed by atoms with van der Waals surface area (Å²) in [6.45, 7) is 2.64. The first-order valence-electron chi connectivity index (χ1n) is 18.7. The van der Waals surface area contributed by atoms with Crippen LogP contribution in [0, 0.1) is 5.92 Å². The molecule has 1 saturated carbocycles. The highest BCUT2D eigenvalue weighted by molar-refractivity contribution is 6.08. The Morgan fingerprint density at radius 2 is 1.83 bits per heavy atom. The first-order chi connectivity index (χ1) is 26.1. The van der Waals surface area contributed by atoms with Gasteiger partial charge in [0.2, 0.25) is 18.2 Å². The normalized spacial score (nSPS) is 23.8. The van der Waals surface area contributed by atoms with Gasteiger partial charge in [0.05, 0.1) is 35.0 Å². The van der Waals surface area contributed by atoms with Gasteiger partial charge in [-0.2, -0.15) is 10.2 Å². The second-order valence-corrected chi connectivity index (χ2v) is 14.9. The van der Waals surface area contributed by atoms with E-state index in [4.69, 9.17) is 0 Å². The number of nitrogens with zero attached hydrogens (tertiary/aromatic N) is 9. The molecular weight excluding hydrogens is 700 g/mol. The van der Waals surface area contributed by atoms with Gasteiger partial charge in [-0.25, -0.2) is 18.3 Å². The molecule has 3 N–H and O–H groups in total. The lowest BCUT2D eigenvalue weighted by Gasteiger charge is -2.40. The van der Waals surface area contributed by atoms with Gasteiger partial charge in [-0.1, -0.05) is 6.07 Å². The summed E-state index contributed by atoms with van der Waals surface area (Å²) in [4.78, 5) is 50.1. The molecule has 4 aliphatic rings. The zero-order valence-electron chi connectivity index (χ0n) is 30.3. The number of amides is 3. The van der Waals surface area contributed by atoms with E-state index >= 15 is 0 Å². The van der Waals surface area contributed by atoms with Crippen molar-refractivity contribution in [3.63, 3.8) is 0 Å². The lowest BCUT2D eigenvalue weighted by molar-refractivity contribution is -0.134. The number of carbonyl (C=O) groups excluding carboxylic acids is 3. The van der Waals surface area contributed by atoms with Crippen molar-refractivity contribution in [2.24, 2.45) is 5.92 Å². The molecule has 1 aromatic carbocycles. The van der Waals surface area contributed by atoms with Crippen molar-refractivity contribution >= 4 is 46.1 Å². The van der Waals surface area contributed by atoms with Crippen molar-refractivity contribution in [3.05, 3.63) is 60.3 Å². The van der Waals surface area contributed by atoms with Crippen LogP contribution in [0.1, 0.15) is 79.9 Å². The number of aliphatic hydroxyl groups excluding tert-OH is 1. The van der Waals surface area contributed by atoms with Gasteiger partial charge in [-0.3, -0.25) is 24.4 Å². The van der Waals surface area contributed by atoms with Gasteiger partial charge in [0.1, 0.15) is 11.6 Å². The summed E-state index contributed by atoms with van der Waals surface area (Å²) in [6, 6.07) is 7.39. The first-order valence-corrected chi connectivity index (χ1v) is 18.7. The molecule has 0 radical (unpaired) electrons. The molecule has 17 heteroatoms. The fourth-order valence-corrected chi connectivity index (χ4v) is 8.77. The van der Waals surface area contributed by atoms with Crippen LogP contribution in [0.3, 0.4) is 0 Å². The Morgan fingerprint density at radius 3 is 2.57 bits per heavy atom. The molecular formula is C37H45F2N11O4. The number of hydrogen-bond acceptors (Lipinski definition) is 11. The molecule has 1 aliphatic carbocycles. The van der Waals surface area contributed by atoms with Crippen molar-refractivity contribution in [2.75, 3.05) is 53.7 Å². The number of benzene rings is 1. The van der Waals surface area contributed by atoms with Gasteiger partial charge in [0.25, 0.3) is 12.3 Å². The Balaban J connectivity index is 0.853. The third kappa shape index (κ3) is 6.63. The maximum atomic E-state index is 14.1. The molecule has 54 heavy (non-hydrogen) atoms. The largest absolute Gasteiger partial charge is 0.370 e. The molecule has 15 nitrogen and oxygen atoms in total. The van der Waals surface area contributed by atoms with Gasteiger partial charge in [0.15, 0.2) is 11.3 Å². The van der Waals surface area contributed by atoms with Crippen LogP contribution >= 0.6 is 0 Å². The van der Waals surface area contributed by atoms with E-state index in [9.17, 15) is 28.3 Å². The summed E-state index contributed by atoms with van der Waals surface area (Å²) >= 11 is 0. The predicted molar refractivity (Wildman–Crippen MR) is 196 cm³/mol. The topological polar surface area (TPSA) is 156 Å². The van der Waals surface area contributed by atoms with Gasteiger partial charge in [0, 0.05) is 57.7 Å². The highest BCUT2D eigenvalue weighted by Crippen LogP contribution is 2.47. The minimum Gasteiger partial charge on any atom is -0.370 e. The second-order valence-electron chi connectivity index (χ2n) is 14.9. The molecule has 0 bridgehead atoms. The van der Waals surface area contributed by atoms with E-state index in [1.807, 2.05) is 19.2 Å². The SMILES string of the molecule is CN(CC1CCC(n2cc(NC(=O)c3cnn4cccnc34)c(C(F)F)n2)CC1)C1CCN(c2cccc3c2N(C)C(O)N3C2CCC(=O)NC2=O)CC1. The molecule has 2 unspecified atom stereocenters. The third-order valence-corrected chi connectivity index (χ3v) is 11.7. The van der Waals surface area contributed by atoms with Gasteiger partial charge >= 0.3 is 0 Å². The number of carbonyl (C=O) groups is 3. The van der Waals surface area contributed by atoms with Crippen LogP contribution in [0.4, 0.5) is 31.5 Å². The summed E-state index contributed by atoms with van der Waals surface area (Å²) in [7, 11) is 4.02. The lowest BCUT2D eigenvalue weighted by atomic mass is 9.85. The molecule has 2 saturated heterocycles. The van der Waals surface area contributed by atoms with Crippen molar-refractivity contribution in [1.82, 2.24) is 34.6 Å². The molecule has 3 fully saturated rings. The number of imide groups is 1. The molecule has 6 heterocycles. The van der Waals surface area contributed by atoms with Gasteiger partial charge in [-0.15, -0.1) is 0 Å². The summed E-state index contributed by atoms with van der Waals surface area (Å²) in [6.07, 6.45) is 8.27. The van der Waals surface area contributed by atoms with Gasteiger partial charge in [-0.05, 0) is 76.1 Å². The maximum absolute atomic E-state index is 14.1. The number of rotatable bonds is 9. The average Bonchev–Trinajstić information content (AvgIpc) is 3.87. The van der Waals surface area contributed by atoms with E-state index in [2.05, 4.69) is 48.7 Å². The molecule has 3 aromatic heterocycles. The zero-order chi connectivity index (χ0) is 37.7. The molecule has 2 atom stereocenters. The number of hydrogen-bond donors (Lipinski definition) is 3. The summed E-state index contributed by atoms with van der Waals surface area (Å²) in [5, 5.41) is 24.6. The highest BCUT2D eigenvalue weighted by atomic mass is 19.3. The second kappa shape index (κ2) is 14.6. The average molecular weight is 746 g/mol. The highest BCUT2D eigenvalue weighted by Gasteiger charge is 2.43. The van der Waals surface area contributed by atoms with Crippen LogP contribution in [0.5, 0.6) is 0 Å². The molecule has 3 aliphatic heterocycles. The number of nitrogens with one attached hydrogen (secondary N) is 2. The Bertz CT molecular complexity index is 2040. The molecule has 3 amide bonds. The van der Waals surface area contributed by atoms with E-state index in [0.717, 1.165) is 75.2 Å². The fourth-order valence-electron chi connectivity index (χ4n) is 8.77. The summed E-state index contributed by atoms with van der Waals surface area (Å²) in [5.74, 6) is -0.768. The van der Waals surface area contributed by atoms with Crippen LogP contribution in [0.15, 0.2) is 49.1 Å². The Morgan fingerprint density at radius 1 is 1.07 bits per heavy atom. The van der Waals surface area contributed by atoms with Crippen LogP contribution in [-0.4, -0.2) is 104 Å². The van der Waals surface area contributed by atoms with E-state index < -0.39 is 30.4 Å². The number of para-hydroxylation sites is 1. The predicted octanol–water partition coefficient (Wildman–Crippen LogP) is 3.79. The first kappa shape index (κ1) is 35.8. The zero-order valence-corrected chi connectivity index (χ0v) is 30.3. The molecule has 0 spiro atoms. The number of aromatic nitrogens is 5. The van der Waals surface area contributed by atoms with Crippen LogP contribution in [0.25, 0.3) is 5.65 Å². The number of aliphatic hydroxyl groups is 1. The molecule has 286 valence electrons. The Hall–Kier alpha value is -5.16. The Kier molecular flexibility index (Phi) is 9.68. The molecule has 4 aromatic rings. The van der Waals surface area contributed by atoms with Crippen molar-refractivity contribution in [3.8, 4) is 0 Å².